The summed E-state index contributed by atoms with van der Waals surface area (Å²) in [5.41, 5.74) is 6.62. The summed E-state index contributed by atoms with van der Waals surface area (Å²) in [5.74, 6) is 1.86. The number of benzene rings is 1. The van der Waals surface area contributed by atoms with Gasteiger partial charge in [0, 0.05) is 36.5 Å². The number of aryl methyl sites for hydroxylation is 2. The summed E-state index contributed by atoms with van der Waals surface area (Å²) in [6, 6.07) is 6.39. The second-order valence-corrected chi connectivity index (χ2v) is 6.96. The van der Waals surface area contributed by atoms with Crippen molar-refractivity contribution in [3.05, 3.63) is 41.0 Å². The highest BCUT2D eigenvalue weighted by Gasteiger charge is 2.28. The molecule has 0 radical (unpaired) electrons. The van der Waals surface area contributed by atoms with E-state index in [-0.39, 0.29) is 6.61 Å². The van der Waals surface area contributed by atoms with Crippen molar-refractivity contribution in [2.24, 2.45) is 7.05 Å². The van der Waals surface area contributed by atoms with E-state index in [9.17, 15) is 0 Å². The Morgan fingerprint density at radius 1 is 1.28 bits per heavy atom. The van der Waals surface area contributed by atoms with Crippen LogP contribution in [0.15, 0.2) is 18.2 Å². The molecule has 2 heterocycles. The fourth-order valence-corrected chi connectivity index (χ4v) is 3.53. The van der Waals surface area contributed by atoms with E-state index in [0.29, 0.717) is 12.5 Å². The van der Waals surface area contributed by atoms with Gasteiger partial charge < -0.3 is 15.0 Å². The maximum absolute atomic E-state index is 9.14. The lowest BCUT2D eigenvalue weighted by Crippen LogP contribution is -2.07. The van der Waals surface area contributed by atoms with Gasteiger partial charge in [-0.05, 0) is 44.9 Å². The van der Waals surface area contributed by atoms with Crippen molar-refractivity contribution in [2.45, 2.75) is 45.7 Å². The monoisotopic (exact) mass is 339 g/mol. The normalized spacial score (nSPS) is 14.4. The Morgan fingerprint density at radius 3 is 2.80 bits per heavy atom. The number of rotatable bonds is 6. The average Bonchev–Trinajstić information content (AvgIpc) is 3.33. The molecule has 6 heteroatoms. The van der Waals surface area contributed by atoms with Gasteiger partial charge >= 0.3 is 0 Å². The zero-order valence-corrected chi connectivity index (χ0v) is 15.1. The summed E-state index contributed by atoms with van der Waals surface area (Å²) in [5, 5.41) is 17.1. The lowest BCUT2D eigenvalue weighted by Gasteiger charge is -2.08. The van der Waals surface area contributed by atoms with Gasteiger partial charge in [-0.3, -0.25) is 4.68 Å². The molecule has 1 fully saturated rings. The van der Waals surface area contributed by atoms with Gasteiger partial charge in [0.2, 0.25) is 0 Å². The Morgan fingerprint density at radius 2 is 2.08 bits per heavy atom. The number of aromatic nitrogens is 4. The van der Waals surface area contributed by atoms with Crippen LogP contribution >= 0.6 is 0 Å². The van der Waals surface area contributed by atoms with Gasteiger partial charge in [0.25, 0.3) is 0 Å². The molecule has 0 atom stereocenters. The molecular weight excluding hydrogens is 314 g/mol. The van der Waals surface area contributed by atoms with Crippen LogP contribution in [0.3, 0.4) is 0 Å². The molecule has 3 aromatic rings. The van der Waals surface area contributed by atoms with Crippen LogP contribution in [0.2, 0.25) is 0 Å². The smallest absolute Gasteiger partial charge is 0.112 e. The molecule has 2 N–H and O–H groups in total. The fraction of sp³-hybridized carbons (Fsp3) is 0.474. The highest BCUT2D eigenvalue weighted by Crippen LogP contribution is 2.40. The van der Waals surface area contributed by atoms with Crippen molar-refractivity contribution in [1.29, 1.82) is 0 Å². The molecule has 1 aliphatic rings. The van der Waals surface area contributed by atoms with Crippen molar-refractivity contribution in [2.75, 3.05) is 11.9 Å². The third kappa shape index (κ3) is 2.91. The van der Waals surface area contributed by atoms with E-state index >= 15 is 0 Å². The summed E-state index contributed by atoms with van der Waals surface area (Å²) in [7, 11) is 2.11. The second kappa shape index (κ2) is 6.19. The number of aliphatic hydroxyl groups excluding tert-OH is 1. The number of nitrogens with zero attached hydrogens (tertiary/aromatic N) is 4. The van der Waals surface area contributed by atoms with Gasteiger partial charge in [-0.1, -0.05) is 0 Å². The third-order valence-electron chi connectivity index (χ3n) is 5.17. The number of nitrogens with one attached hydrogen (secondary N) is 1. The van der Waals surface area contributed by atoms with Crippen molar-refractivity contribution in [1.82, 2.24) is 19.3 Å². The lowest BCUT2D eigenvalue weighted by molar-refractivity contribution is 0.268. The molecular formula is C19H25N5O. The summed E-state index contributed by atoms with van der Waals surface area (Å²) in [4.78, 5) is 4.83. The van der Waals surface area contributed by atoms with E-state index in [4.69, 9.17) is 10.1 Å². The maximum atomic E-state index is 9.14. The van der Waals surface area contributed by atoms with Crippen LogP contribution in [0.4, 0.5) is 5.69 Å². The number of anilines is 1. The molecule has 132 valence electrons. The summed E-state index contributed by atoms with van der Waals surface area (Å²) >= 11 is 0. The zero-order chi connectivity index (χ0) is 17.6. The first-order chi connectivity index (χ1) is 12.1. The average molecular weight is 339 g/mol. The van der Waals surface area contributed by atoms with E-state index in [0.717, 1.165) is 29.1 Å². The zero-order valence-electron chi connectivity index (χ0n) is 15.1. The molecule has 4 rings (SSSR count). The minimum Gasteiger partial charge on any atom is -0.394 e. The molecule has 1 aliphatic carbocycles. The van der Waals surface area contributed by atoms with Gasteiger partial charge in [-0.2, -0.15) is 5.10 Å². The van der Waals surface area contributed by atoms with Crippen LogP contribution < -0.4 is 5.32 Å². The molecule has 25 heavy (non-hydrogen) atoms. The Hall–Kier alpha value is -2.34. The van der Waals surface area contributed by atoms with E-state index in [2.05, 4.69) is 47.2 Å². The van der Waals surface area contributed by atoms with Gasteiger partial charge in [0.1, 0.15) is 5.82 Å². The van der Waals surface area contributed by atoms with E-state index in [1.807, 2.05) is 11.6 Å². The first kappa shape index (κ1) is 16.1. The van der Waals surface area contributed by atoms with Crippen molar-refractivity contribution in [3.63, 3.8) is 0 Å². The predicted octanol–water partition coefficient (Wildman–Crippen LogP) is 2.87. The van der Waals surface area contributed by atoms with Crippen LogP contribution in [-0.4, -0.2) is 31.0 Å². The van der Waals surface area contributed by atoms with Crippen molar-refractivity contribution < 1.29 is 5.11 Å². The van der Waals surface area contributed by atoms with Crippen LogP contribution in [-0.2, 0) is 20.1 Å². The van der Waals surface area contributed by atoms with Crippen LogP contribution in [0.1, 0.15) is 41.5 Å². The Balaban J connectivity index is 1.55. The number of hydrogen-bond donors (Lipinski definition) is 2. The molecule has 1 aromatic carbocycles. The lowest BCUT2D eigenvalue weighted by atomic mass is 10.2. The Bertz CT molecular complexity index is 920. The largest absolute Gasteiger partial charge is 0.394 e. The topological polar surface area (TPSA) is 67.9 Å². The molecule has 0 saturated heterocycles. The summed E-state index contributed by atoms with van der Waals surface area (Å²) in [6.45, 7) is 5.43. The minimum absolute atomic E-state index is 0.106. The Kier molecular flexibility index (Phi) is 4.00. The maximum Gasteiger partial charge on any atom is 0.112 e. The molecule has 0 spiro atoms. The van der Waals surface area contributed by atoms with Gasteiger partial charge in [-0.15, -0.1) is 0 Å². The molecule has 0 bridgehead atoms. The minimum atomic E-state index is 0.106. The molecule has 6 nitrogen and oxygen atoms in total. The number of hydrogen-bond acceptors (Lipinski definition) is 4. The molecule has 0 unspecified atom stereocenters. The molecule has 2 aromatic heterocycles. The summed E-state index contributed by atoms with van der Waals surface area (Å²) in [6.07, 6.45) is 2.53. The van der Waals surface area contributed by atoms with Crippen molar-refractivity contribution >= 4 is 16.7 Å². The van der Waals surface area contributed by atoms with Gasteiger partial charge in [0.15, 0.2) is 0 Å². The van der Waals surface area contributed by atoms with Crippen molar-refractivity contribution in [3.8, 4) is 0 Å². The van der Waals surface area contributed by atoms with Crippen LogP contribution in [0.25, 0.3) is 11.0 Å². The van der Waals surface area contributed by atoms with E-state index in [1.165, 1.54) is 29.7 Å². The van der Waals surface area contributed by atoms with Crippen LogP contribution in [0, 0.1) is 13.8 Å². The molecule has 1 saturated carbocycles. The third-order valence-corrected chi connectivity index (χ3v) is 5.17. The number of aliphatic hydroxyl groups is 1. The standard InChI is InChI=1S/C19H25N5O/c1-12-16(13(2)24(22-12)8-9-25)11-20-15-6-7-18-17(10-15)21-19(23(18)3)14-4-5-14/h6-7,10,14,20,25H,4-5,8-9,11H2,1-3H3. The first-order valence-electron chi connectivity index (χ1n) is 8.92. The first-order valence-corrected chi connectivity index (χ1v) is 8.92. The SMILES string of the molecule is Cc1nn(CCO)c(C)c1CNc1ccc2c(c1)nc(C1CC1)n2C. The highest BCUT2D eigenvalue weighted by atomic mass is 16.3. The molecule has 0 amide bonds. The quantitative estimate of drug-likeness (QED) is 0.725. The van der Waals surface area contributed by atoms with Crippen LogP contribution in [0.5, 0.6) is 0 Å². The predicted molar refractivity (Wildman–Crippen MR) is 98.8 cm³/mol. The summed E-state index contributed by atoms with van der Waals surface area (Å²) < 4.78 is 4.10. The van der Waals surface area contributed by atoms with Gasteiger partial charge in [-0.25, -0.2) is 4.98 Å². The molecule has 0 aliphatic heterocycles. The highest BCUT2D eigenvalue weighted by molar-refractivity contribution is 5.80. The second-order valence-electron chi connectivity index (χ2n) is 6.96. The van der Waals surface area contributed by atoms with E-state index < -0.39 is 0 Å². The number of imidazole rings is 1. The van der Waals surface area contributed by atoms with E-state index in [1.54, 1.807) is 0 Å². The fourth-order valence-electron chi connectivity index (χ4n) is 3.53. The Labute approximate surface area is 147 Å². The number of fused-ring (bicyclic) bond motifs is 1. The van der Waals surface area contributed by atoms with Gasteiger partial charge in [0.05, 0.1) is 29.9 Å².